The number of nitrogens with zero attached hydrogens (tertiary/aromatic N) is 3. The molecule has 0 atom stereocenters. The fourth-order valence-corrected chi connectivity index (χ4v) is 4.98. The molecule has 0 radical (unpaired) electrons. The second-order valence-electron chi connectivity index (χ2n) is 9.73. The molecule has 1 fully saturated rings. The largest absolute Gasteiger partial charge is 0.424 e. The molecule has 0 unspecified atom stereocenters. The van der Waals surface area contributed by atoms with E-state index in [0.717, 1.165) is 57.2 Å². The molecular weight excluding hydrogens is 546 g/mol. The Morgan fingerprint density at radius 3 is 2.14 bits per heavy atom. The van der Waals surface area contributed by atoms with Gasteiger partial charge < -0.3 is 19.4 Å². The first kappa shape index (κ1) is 28.6. The van der Waals surface area contributed by atoms with Crippen LogP contribution in [-0.2, 0) is 19.4 Å². The molecular formula is C34H31N3O4S. The first-order valence-corrected chi connectivity index (χ1v) is 13.9. The van der Waals surface area contributed by atoms with Gasteiger partial charge in [-0.3, -0.25) is 4.79 Å². The third kappa shape index (κ3) is 6.35. The van der Waals surface area contributed by atoms with E-state index in [4.69, 9.17) is 26.8 Å². The van der Waals surface area contributed by atoms with Gasteiger partial charge in [-0.25, -0.2) is 0 Å². The van der Waals surface area contributed by atoms with Crippen molar-refractivity contribution in [2.75, 3.05) is 23.9 Å². The third-order valence-electron chi connectivity index (χ3n) is 6.77. The van der Waals surface area contributed by atoms with E-state index in [1.807, 2.05) is 50.5 Å². The first-order valence-electron chi connectivity index (χ1n) is 13.5. The van der Waals surface area contributed by atoms with Gasteiger partial charge in [0.1, 0.15) is 6.26 Å². The topological polar surface area (TPSA) is 54.5 Å². The van der Waals surface area contributed by atoms with Gasteiger partial charge in [-0.05, 0) is 89.2 Å². The van der Waals surface area contributed by atoms with E-state index in [2.05, 4.69) is 83.1 Å². The SMILES string of the molecule is C=COON1C(=O)C(=CC2=C(N(c3ccccc3)c3ccccc3)C(=CC=Cc3ccc(N(C)C)cc3)CC2)OC1=S. The predicted molar refractivity (Wildman–Crippen MR) is 170 cm³/mol. The molecule has 0 aromatic heterocycles. The average molecular weight is 578 g/mol. The Bertz CT molecular complexity index is 1540. The van der Waals surface area contributed by atoms with E-state index in [1.165, 1.54) is 0 Å². The summed E-state index contributed by atoms with van der Waals surface area (Å²) in [7, 11) is 4.05. The van der Waals surface area contributed by atoms with Crippen molar-refractivity contribution in [1.29, 1.82) is 0 Å². The van der Waals surface area contributed by atoms with Gasteiger partial charge in [0.05, 0.1) is 5.70 Å². The Hall–Kier alpha value is -4.92. The number of thiocarbonyl (C=S) groups is 1. The molecule has 1 aliphatic heterocycles. The summed E-state index contributed by atoms with van der Waals surface area (Å²) in [6.07, 6.45) is 10.5. The standard InChI is InChI=1S/C34H31N3O4S/c1-4-39-41-37-33(38)31(40-34(37)42)24-27-21-20-26(13-11-12-25-18-22-28(23-19-25)35(2)3)32(27)36(29-14-7-5-8-15-29)30-16-9-6-10-17-30/h4-19,22-24H,1,20-21H2,2-3H3. The maximum Gasteiger partial charge on any atom is 0.324 e. The molecule has 1 saturated heterocycles. The molecule has 7 nitrogen and oxygen atoms in total. The lowest BCUT2D eigenvalue weighted by molar-refractivity contribution is -0.352. The lowest BCUT2D eigenvalue weighted by Crippen LogP contribution is -2.28. The molecule has 3 aromatic rings. The van der Waals surface area contributed by atoms with E-state index < -0.39 is 5.91 Å². The Labute approximate surface area is 251 Å². The molecule has 0 spiro atoms. The summed E-state index contributed by atoms with van der Waals surface area (Å²) < 4.78 is 5.63. The van der Waals surface area contributed by atoms with Crippen molar-refractivity contribution in [2.45, 2.75) is 12.8 Å². The summed E-state index contributed by atoms with van der Waals surface area (Å²) in [5.74, 6) is -0.503. The Kier molecular flexibility index (Phi) is 8.96. The van der Waals surface area contributed by atoms with Crippen molar-refractivity contribution in [3.8, 4) is 0 Å². The van der Waals surface area contributed by atoms with Crippen LogP contribution in [0.5, 0.6) is 0 Å². The molecule has 1 heterocycles. The number of para-hydroxylation sites is 2. The number of carbonyl (C=O) groups excluding carboxylic acids is 1. The van der Waals surface area contributed by atoms with Gasteiger partial charge in [-0.2, -0.15) is 0 Å². The molecule has 0 bridgehead atoms. The maximum atomic E-state index is 13.0. The van der Waals surface area contributed by atoms with Crippen LogP contribution in [-0.4, -0.2) is 30.2 Å². The average Bonchev–Trinajstić information content (AvgIpc) is 3.52. The molecule has 8 heteroatoms. The number of rotatable bonds is 10. The second kappa shape index (κ2) is 13.2. The Morgan fingerprint density at radius 1 is 0.905 bits per heavy atom. The van der Waals surface area contributed by atoms with Gasteiger partial charge in [0.25, 0.3) is 0 Å². The zero-order valence-electron chi connectivity index (χ0n) is 23.5. The molecule has 0 N–H and O–H groups in total. The van der Waals surface area contributed by atoms with Crippen LogP contribution in [0.25, 0.3) is 6.08 Å². The monoisotopic (exact) mass is 577 g/mol. The lowest BCUT2D eigenvalue weighted by atomic mass is 10.1. The lowest BCUT2D eigenvalue weighted by Gasteiger charge is -2.28. The van der Waals surface area contributed by atoms with Crippen molar-refractivity contribution >= 4 is 46.4 Å². The fourth-order valence-electron chi connectivity index (χ4n) is 4.77. The van der Waals surface area contributed by atoms with Gasteiger partial charge in [-0.15, -0.1) is 0 Å². The minimum absolute atomic E-state index is 0.0546. The maximum absolute atomic E-state index is 13.0. The molecule has 2 aliphatic rings. The number of ether oxygens (including phenoxy) is 1. The number of hydrogen-bond acceptors (Lipinski definition) is 7. The molecule has 1 amide bonds. The highest BCUT2D eigenvalue weighted by molar-refractivity contribution is 7.80. The van der Waals surface area contributed by atoms with Gasteiger partial charge in [0.15, 0.2) is 5.76 Å². The number of carbonyl (C=O) groups is 1. The van der Waals surface area contributed by atoms with E-state index in [0.29, 0.717) is 6.42 Å². The highest BCUT2D eigenvalue weighted by atomic mass is 32.1. The second-order valence-corrected chi connectivity index (χ2v) is 10.1. The molecule has 212 valence electrons. The number of allylic oxidation sites excluding steroid dienone is 5. The first-order chi connectivity index (χ1) is 20.5. The molecule has 0 saturated carbocycles. The number of benzene rings is 3. The highest BCUT2D eigenvalue weighted by Crippen LogP contribution is 2.42. The summed E-state index contributed by atoms with van der Waals surface area (Å²) in [5, 5.41) is 0.626. The van der Waals surface area contributed by atoms with Crippen LogP contribution in [0.1, 0.15) is 18.4 Å². The van der Waals surface area contributed by atoms with Crippen molar-refractivity contribution in [2.24, 2.45) is 0 Å². The Balaban J connectivity index is 1.58. The highest BCUT2D eigenvalue weighted by Gasteiger charge is 2.37. The van der Waals surface area contributed by atoms with Crippen molar-refractivity contribution < 1.29 is 19.4 Å². The molecule has 1 aliphatic carbocycles. The van der Waals surface area contributed by atoms with E-state index in [1.54, 1.807) is 6.08 Å². The summed E-state index contributed by atoms with van der Waals surface area (Å²) in [5.41, 5.74) is 7.24. The summed E-state index contributed by atoms with van der Waals surface area (Å²) in [6, 6.07) is 28.7. The van der Waals surface area contributed by atoms with Crippen molar-refractivity contribution in [3.05, 3.63) is 144 Å². The molecule has 3 aromatic carbocycles. The van der Waals surface area contributed by atoms with E-state index in [9.17, 15) is 4.79 Å². The van der Waals surface area contributed by atoms with E-state index in [-0.39, 0.29) is 10.9 Å². The minimum Gasteiger partial charge on any atom is -0.424 e. The zero-order valence-corrected chi connectivity index (χ0v) is 24.3. The summed E-state index contributed by atoms with van der Waals surface area (Å²) >= 11 is 5.19. The van der Waals surface area contributed by atoms with Crippen LogP contribution in [0.15, 0.2) is 139 Å². The van der Waals surface area contributed by atoms with Crippen molar-refractivity contribution in [1.82, 2.24) is 5.06 Å². The van der Waals surface area contributed by atoms with Crippen LogP contribution in [0.4, 0.5) is 17.1 Å². The van der Waals surface area contributed by atoms with Crippen LogP contribution in [0, 0.1) is 0 Å². The molecule has 5 rings (SSSR count). The van der Waals surface area contributed by atoms with E-state index >= 15 is 0 Å². The van der Waals surface area contributed by atoms with Crippen LogP contribution in [0.3, 0.4) is 0 Å². The van der Waals surface area contributed by atoms with Crippen LogP contribution in [0.2, 0.25) is 0 Å². The summed E-state index contributed by atoms with van der Waals surface area (Å²) in [6.45, 7) is 3.41. The van der Waals surface area contributed by atoms with Gasteiger partial charge in [0.2, 0.25) is 0 Å². The Morgan fingerprint density at radius 2 is 1.55 bits per heavy atom. The van der Waals surface area contributed by atoms with Gasteiger partial charge in [0, 0.05) is 31.2 Å². The van der Waals surface area contributed by atoms with Gasteiger partial charge >= 0.3 is 11.1 Å². The normalized spacial score (nSPS) is 17.0. The smallest absolute Gasteiger partial charge is 0.324 e. The number of anilines is 3. The fraction of sp³-hybridized carbons (Fsp3) is 0.118. The quantitative estimate of drug-likeness (QED) is 0.0808. The zero-order chi connectivity index (χ0) is 29.5. The number of hydroxylamine groups is 2. The van der Waals surface area contributed by atoms with Crippen LogP contribution < -0.4 is 9.80 Å². The third-order valence-corrected chi connectivity index (χ3v) is 7.02. The predicted octanol–water partition coefficient (Wildman–Crippen LogP) is 7.61. The molecule has 42 heavy (non-hydrogen) atoms. The number of hydrogen-bond donors (Lipinski definition) is 0. The minimum atomic E-state index is -0.557. The van der Waals surface area contributed by atoms with Crippen LogP contribution >= 0.6 is 12.2 Å². The number of amides is 1. The van der Waals surface area contributed by atoms with Gasteiger partial charge in [-0.1, -0.05) is 78.4 Å². The van der Waals surface area contributed by atoms with Crippen molar-refractivity contribution in [3.63, 3.8) is 0 Å². The summed E-state index contributed by atoms with van der Waals surface area (Å²) in [4.78, 5) is 27.0.